The van der Waals surface area contributed by atoms with Crippen molar-refractivity contribution in [3.63, 3.8) is 0 Å². The van der Waals surface area contributed by atoms with E-state index in [1.807, 2.05) is 31.2 Å². The lowest BCUT2D eigenvalue weighted by Gasteiger charge is -2.09. The molecule has 1 heterocycles. The highest BCUT2D eigenvalue weighted by Gasteiger charge is 2.18. The van der Waals surface area contributed by atoms with Crippen molar-refractivity contribution in [2.45, 2.75) is 26.8 Å². The number of benzene rings is 2. The number of aryl methyl sites for hydroxylation is 1. The summed E-state index contributed by atoms with van der Waals surface area (Å²) in [6.45, 7) is 3.56. The molecule has 2 amide bonds. The molecule has 8 heteroatoms. The summed E-state index contributed by atoms with van der Waals surface area (Å²) in [7, 11) is 0. The third kappa shape index (κ3) is 4.40. The summed E-state index contributed by atoms with van der Waals surface area (Å²) in [6, 6.07) is 13.0. The van der Waals surface area contributed by atoms with Gasteiger partial charge in [0.2, 0.25) is 5.91 Å². The van der Waals surface area contributed by atoms with Crippen LogP contribution >= 0.6 is 0 Å². The fourth-order valence-electron chi connectivity index (χ4n) is 2.72. The molecular weight excluding hydrogens is 361 g/mol. The molecule has 0 spiro atoms. The predicted molar refractivity (Wildman–Crippen MR) is 104 cm³/mol. The van der Waals surface area contributed by atoms with Crippen LogP contribution in [0.5, 0.6) is 0 Å². The van der Waals surface area contributed by atoms with Crippen LogP contribution in [0.2, 0.25) is 0 Å². The van der Waals surface area contributed by atoms with Gasteiger partial charge in [0.05, 0.1) is 5.69 Å². The second-order valence-electron chi connectivity index (χ2n) is 6.20. The molecule has 7 nitrogen and oxygen atoms in total. The fourth-order valence-corrected chi connectivity index (χ4v) is 2.72. The second-order valence-corrected chi connectivity index (χ2v) is 6.20. The van der Waals surface area contributed by atoms with Gasteiger partial charge in [-0.1, -0.05) is 30.3 Å². The Morgan fingerprint density at radius 3 is 2.50 bits per heavy atom. The molecule has 2 N–H and O–H groups in total. The highest BCUT2D eigenvalue weighted by Crippen LogP contribution is 2.17. The molecule has 0 aliphatic heterocycles. The molecule has 0 radical (unpaired) electrons. The lowest BCUT2D eigenvalue weighted by atomic mass is 10.1. The fraction of sp³-hybridized carbons (Fsp3) is 0.200. The Labute approximate surface area is 161 Å². The molecule has 0 aliphatic carbocycles. The van der Waals surface area contributed by atoms with E-state index in [-0.39, 0.29) is 29.9 Å². The molecule has 0 saturated heterocycles. The summed E-state index contributed by atoms with van der Waals surface area (Å²) in [6.07, 6.45) is 0.783. The first-order valence-electron chi connectivity index (χ1n) is 8.82. The number of hydrogen-bond donors (Lipinski definition) is 2. The second kappa shape index (κ2) is 8.43. The zero-order valence-electron chi connectivity index (χ0n) is 15.6. The van der Waals surface area contributed by atoms with Gasteiger partial charge >= 0.3 is 0 Å². The van der Waals surface area contributed by atoms with Crippen LogP contribution in [0, 0.1) is 12.7 Å². The van der Waals surface area contributed by atoms with Crippen molar-refractivity contribution < 1.29 is 14.0 Å². The van der Waals surface area contributed by atoms with Crippen LogP contribution in [0.25, 0.3) is 0 Å². The van der Waals surface area contributed by atoms with E-state index < -0.39 is 0 Å². The Kier molecular flexibility index (Phi) is 5.78. The number of rotatable bonds is 6. The molecule has 3 rings (SSSR count). The van der Waals surface area contributed by atoms with Crippen molar-refractivity contribution in [1.82, 2.24) is 15.0 Å². The molecule has 0 bridgehead atoms. The number of para-hydroxylation sites is 1. The number of nitrogens with one attached hydrogen (secondary N) is 2. The van der Waals surface area contributed by atoms with Crippen LogP contribution in [0.15, 0.2) is 48.5 Å². The first kappa shape index (κ1) is 19.2. The highest BCUT2D eigenvalue weighted by molar-refractivity contribution is 6.04. The number of carbonyl (C=O) groups is 2. The maximum Gasteiger partial charge on any atom is 0.278 e. The van der Waals surface area contributed by atoms with Crippen LogP contribution in [-0.4, -0.2) is 26.8 Å². The van der Waals surface area contributed by atoms with Gasteiger partial charge in [0.25, 0.3) is 5.91 Å². The summed E-state index contributed by atoms with van der Waals surface area (Å²) < 4.78 is 14.3. The van der Waals surface area contributed by atoms with Crippen molar-refractivity contribution >= 4 is 23.2 Å². The molecule has 0 fully saturated rings. The van der Waals surface area contributed by atoms with Gasteiger partial charge in [0.1, 0.15) is 12.4 Å². The van der Waals surface area contributed by atoms with E-state index in [4.69, 9.17) is 0 Å². The third-order valence-electron chi connectivity index (χ3n) is 4.27. The van der Waals surface area contributed by atoms with E-state index >= 15 is 0 Å². The molecule has 0 saturated carbocycles. The number of halogens is 1. The molecule has 144 valence electrons. The largest absolute Gasteiger partial charge is 0.324 e. The molecule has 0 unspecified atom stereocenters. The zero-order valence-corrected chi connectivity index (χ0v) is 15.6. The van der Waals surface area contributed by atoms with E-state index in [9.17, 15) is 14.0 Å². The van der Waals surface area contributed by atoms with Gasteiger partial charge < -0.3 is 10.6 Å². The molecule has 28 heavy (non-hydrogen) atoms. The average Bonchev–Trinajstić information content (AvgIpc) is 3.04. The van der Waals surface area contributed by atoms with Gasteiger partial charge in [-0.15, -0.1) is 5.10 Å². The van der Waals surface area contributed by atoms with Crippen molar-refractivity contribution in [3.8, 4) is 0 Å². The van der Waals surface area contributed by atoms with Crippen LogP contribution in [0.3, 0.4) is 0 Å². The van der Waals surface area contributed by atoms with E-state index in [1.54, 1.807) is 6.92 Å². The van der Waals surface area contributed by atoms with Crippen LogP contribution in [0.1, 0.15) is 28.7 Å². The van der Waals surface area contributed by atoms with Crippen molar-refractivity contribution in [3.05, 3.63) is 71.3 Å². The summed E-state index contributed by atoms with van der Waals surface area (Å²) in [4.78, 5) is 24.7. The maximum atomic E-state index is 12.9. The van der Waals surface area contributed by atoms with Gasteiger partial charge in [0, 0.05) is 11.4 Å². The highest BCUT2D eigenvalue weighted by atomic mass is 19.1. The minimum absolute atomic E-state index is 0.116. The minimum atomic E-state index is -0.386. The monoisotopic (exact) mass is 381 g/mol. The maximum absolute atomic E-state index is 12.9. The first-order valence-corrected chi connectivity index (χ1v) is 8.82. The quantitative estimate of drug-likeness (QED) is 0.686. The van der Waals surface area contributed by atoms with Crippen LogP contribution in [0.4, 0.5) is 15.8 Å². The number of amides is 2. The summed E-state index contributed by atoms with van der Waals surface area (Å²) in [5.74, 6) is -1.13. The van der Waals surface area contributed by atoms with E-state index in [0.29, 0.717) is 11.4 Å². The molecule has 2 aromatic carbocycles. The molecule has 0 atom stereocenters. The average molecular weight is 381 g/mol. The smallest absolute Gasteiger partial charge is 0.278 e. The topological polar surface area (TPSA) is 88.9 Å². The van der Waals surface area contributed by atoms with Crippen molar-refractivity contribution in [1.29, 1.82) is 0 Å². The predicted octanol–water partition coefficient (Wildman–Crippen LogP) is 3.18. The van der Waals surface area contributed by atoms with Gasteiger partial charge in [-0.05, 0) is 49.2 Å². The Balaban J connectivity index is 1.68. The summed E-state index contributed by atoms with van der Waals surface area (Å²) in [5.41, 5.74) is 2.83. The Morgan fingerprint density at radius 1 is 1.07 bits per heavy atom. The molecule has 3 aromatic rings. The normalized spacial score (nSPS) is 10.5. The molecular formula is C20H20FN5O2. The summed E-state index contributed by atoms with van der Waals surface area (Å²) in [5, 5.41) is 13.3. The molecule has 1 aromatic heterocycles. The lowest BCUT2D eigenvalue weighted by molar-refractivity contribution is -0.117. The van der Waals surface area contributed by atoms with Gasteiger partial charge in [-0.25, -0.2) is 9.07 Å². The molecule has 0 aliphatic rings. The number of carbonyl (C=O) groups excluding carboxylic acids is 2. The van der Waals surface area contributed by atoms with Gasteiger partial charge in [-0.2, -0.15) is 0 Å². The van der Waals surface area contributed by atoms with E-state index in [2.05, 4.69) is 20.9 Å². The first-order chi connectivity index (χ1) is 13.5. The Bertz CT molecular complexity index is 998. The number of aromatic nitrogens is 3. The van der Waals surface area contributed by atoms with Gasteiger partial charge in [-0.3, -0.25) is 9.59 Å². The number of hydrogen-bond acceptors (Lipinski definition) is 4. The van der Waals surface area contributed by atoms with Crippen LogP contribution in [-0.2, 0) is 17.8 Å². The standard InChI is InChI=1S/C20H20FN5O2/c1-3-14-6-4-5-7-17(14)23-20(28)19-13(2)26(25-24-19)12-18(27)22-16-10-8-15(21)9-11-16/h4-11H,3,12H2,1-2H3,(H,22,27)(H,23,28). The Hall–Kier alpha value is -3.55. The van der Waals surface area contributed by atoms with Crippen LogP contribution < -0.4 is 10.6 Å². The third-order valence-corrected chi connectivity index (χ3v) is 4.27. The summed E-state index contributed by atoms with van der Waals surface area (Å²) >= 11 is 0. The lowest BCUT2D eigenvalue weighted by Crippen LogP contribution is -2.21. The van der Waals surface area contributed by atoms with Crippen molar-refractivity contribution in [2.24, 2.45) is 0 Å². The number of anilines is 2. The van der Waals surface area contributed by atoms with E-state index in [0.717, 1.165) is 17.7 Å². The SMILES string of the molecule is CCc1ccccc1NC(=O)c1nnn(CC(=O)Nc2ccc(F)cc2)c1C. The zero-order chi connectivity index (χ0) is 20.1. The van der Waals surface area contributed by atoms with E-state index in [1.165, 1.54) is 28.9 Å². The Morgan fingerprint density at radius 2 is 1.79 bits per heavy atom. The van der Waals surface area contributed by atoms with Crippen molar-refractivity contribution in [2.75, 3.05) is 10.6 Å². The number of nitrogens with zero attached hydrogens (tertiary/aromatic N) is 3. The minimum Gasteiger partial charge on any atom is -0.324 e. The van der Waals surface area contributed by atoms with Gasteiger partial charge in [0.15, 0.2) is 5.69 Å².